The van der Waals surface area contributed by atoms with Crippen LogP contribution in [0.3, 0.4) is 0 Å². The number of carbonyl (C=O) groups is 1. The molecule has 0 aliphatic carbocycles. The van der Waals surface area contributed by atoms with Crippen molar-refractivity contribution in [1.82, 2.24) is 9.97 Å². The van der Waals surface area contributed by atoms with E-state index in [-0.39, 0.29) is 5.69 Å². The van der Waals surface area contributed by atoms with E-state index >= 15 is 0 Å². The summed E-state index contributed by atoms with van der Waals surface area (Å²) in [6.07, 6.45) is 2.77. The van der Waals surface area contributed by atoms with E-state index in [1.165, 1.54) is 6.20 Å². The summed E-state index contributed by atoms with van der Waals surface area (Å²) < 4.78 is 0. The summed E-state index contributed by atoms with van der Waals surface area (Å²) in [6.45, 7) is 1.99. The van der Waals surface area contributed by atoms with Crippen LogP contribution in [0.5, 0.6) is 0 Å². The minimum atomic E-state index is -1.08. The fourth-order valence-electron chi connectivity index (χ4n) is 1.68. The molecule has 1 aromatic carbocycles. The second kappa shape index (κ2) is 4.83. The third kappa shape index (κ3) is 2.29. The molecular formula is C13H13N3O2. The molecule has 2 rings (SSSR count). The molecule has 0 aliphatic heterocycles. The van der Waals surface area contributed by atoms with E-state index < -0.39 is 5.97 Å². The molecule has 0 amide bonds. The monoisotopic (exact) mass is 243 g/mol. The Morgan fingerprint density at radius 2 is 2.00 bits per heavy atom. The summed E-state index contributed by atoms with van der Waals surface area (Å²) >= 11 is 0. The van der Waals surface area contributed by atoms with Gasteiger partial charge in [0.15, 0.2) is 11.5 Å². The molecule has 5 nitrogen and oxygen atoms in total. The molecule has 1 heterocycles. The number of benzene rings is 1. The lowest BCUT2D eigenvalue weighted by Gasteiger charge is -2.20. The highest BCUT2D eigenvalue weighted by atomic mass is 16.4. The van der Waals surface area contributed by atoms with Gasteiger partial charge in [0.2, 0.25) is 0 Å². The molecule has 0 radical (unpaired) electrons. The van der Waals surface area contributed by atoms with Crippen LogP contribution in [-0.2, 0) is 0 Å². The summed E-state index contributed by atoms with van der Waals surface area (Å²) in [4.78, 5) is 20.6. The van der Waals surface area contributed by atoms with Gasteiger partial charge in [-0.3, -0.25) is 4.98 Å². The van der Waals surface area contributed by atoms with E-state index in [1.54, 1.807) is 6.20 Å². The molecule has 0 fully saturated rings. The zero-order chi connectivity index (χ0) is 13.1. The predicted molar refractivity (Wildman–Crippen MR) is 68.2 cm³/mol. The minimum Gasteiger partial charge on any atom is -0.476 e. The SMILES string of the molecule is Cc1ccccc1N(C)c1cncc(C(=O)O)n1. The summed E-state index contributed by atoms with van der Waals surface area (Å²) in [7, 11) is 1.83. The Morgan fingerprint density at radius 3 is 2.67 bits per heavy atom. The van der Waals surface area contributed by atoms with Crippen molar-refractivity contribution < 1.29 is 9.90 Å². The van der Waals surface area contributed by atoms with Gasteiger partial charge in [0.25, 0.3) is 0 Å². The highest BCUT2D eigenvalue weighted by molar-refractivity contribution is 5.85. The Kier molecular flexibility index (Phi) is 3.23. The van der Waals surface area contributed by atoms with E-state index in [2.05, 4.69) is 9.97 Å². The Morgan fingerprint density at radius 1 is 1.28 bits per heavy atom. The molecule has 92 valence electrons. The third-order valence-electron chi connectivity index (χ3n) is 2.66. The third-order valence-corrected chi connectivity index (χ3v) is 2.66. The van der Waals surface area contributed by atoms with Crippen molar-refractivity contribution in [3.05, 3.63) is 47.9 Å². The number of nitrogens with zero attached hydrogens (tertiary/aromatic N) is 3. The highest BCUT2D eigenvalue weighted by Gasteiger charge is 2.11. The van der Waals surface area contributed by atoms with Gasteiger partial charge < -0.3 is 10.0 Å². The van der Waals surface area contributed by atoms with Crippen molar-refractivity contribution in [2.24, 2.45) is 0 Å². The van der Waals surface area contributed by atoms with Crippen LogP contribution < -0.4 is 4.90 Å². The largest absolute Gasteiger partial charge is 0.476 e. The van der Waals surface area contributed by atoms with Gasteiger partial charge in [0, 0.05) is 12.7 Å². The minimum absolute atomic E-state index is 0.0621. The van der Waals surface area contributed by atoms with Gasteiger partial charge >= 0.3 is 5.97 Å². The lowest BCUT2D eigenvalue weighted by molar-refractivity contribution is 0.0690. The Hall–Kier alpha value is -2.43. The molecule has 18 heavy (non-hydrogen) atoms. The molecule has 0 saturated heterocycles. The maximum atomic E-state index is 10.9. The first-order valence-electron chi connectivity index (χ1n) is 5.44. The number of aryl methyl sites for hydroxylation is 1. The molecule has 0 unspecified atom stereocenters. The standard InChI is InChI=1S/C13H13N3O2/c1-9-5-3-4-6-11(9)16(2)12-8-14-7-10(15-12)13(17)18/h3-8H,1-2H3,(H,17,18). The van der Waals surface area contributed by atoms with E-state index in [1.807, 2.05) is 43.1 Å². The number of aromatic nitrogens is 2. The van der Waals surface area contributed by atoms with Gasteiger partial charge in [-0.15, -0.1) is 0 Å². The van der Waals surface area contributed by atoms with Gasteiger partial charge in [0.1, 0.15) is 0 Å². The van der Waals surface area contributed by atoms with Gasteiger partial charge in [-0.25, -0.2) is 9.78 Å². The van der Waals surface area contributed by atoms with E-state index in [0.717, 1.165) is 11.3 Å². The van der Waals surface area contributed by atoms with Gasteiger partial charge in [-0.05, 0) is 18.6 Å². The first-order valence-corrected chi connectivity index (χ1v) is 5.44. The number of hydrogen-bond acceptors (Lipinski definition) is 4. The zero-order valence-corrected chi connectivity index (χ0v) is 10.2. The molecule has 0 spiro atoms. The topological polar surface area (TPSA) is 66.3 Å². The van der Waals surface area contributed by atoms with Crippen LogP contribution in [0.25, 0.3) is 0 Å². The fourth-order valence-corrected chi connectivity index (χ4v) is 1.68. The molecule has 1 N–H and O–H groups in total. The van der Waals surface area contributed by atoms with E-state index in [9.17, 15) is 4.79 Å². The molecule has 0 atom stereocenters. The summed E-state index contributed by atoms with van der Waals surface area (Å²) in [5, 5.41) is 8.90. The van der Waals surface area contributed by atoms with Crippen molar-refractivity contribution in [3.8, 4) is 0 Å². The maximum Gasteiger partial charge on any atom is 0.356 e. The van der Waals surface area contributed by atoms with Crippen LogP contribution >= 0.6 is 0 Å². The predicted octanol–water partition coefficient (Wildman–Crippen LogP) is 2.25. The maximum absolute atomic E-state index is 10.9. The Balaban J connectivity index is 2.40. The summed E-state index contributed by atoms with van der Waals surface area (Å²) in [5.41, 5.74) is 1.99. The average Bonchev–Trinajstić information content (AvgIpc) is 2.38. The van der Waals surface area contributed by atoms with Crippen LogP contribution in [0.4, 0.5) is 11.5 Å². The van der Waals surface area contributed by atoms with Crippen molar-refractivity contribution in [2.75, 3.05) is 11.9 Å². The highest BCUT2D eigenvalue weighted by Crippen LogP contribution is 2.24. The number of anilines is 2. The van der Waals surface area contributed by atoms with Crippen LogP contribution in [0.15, 0.2) is 36.7 Å². The first kappa shape index (κ1) is 12.0. The van der Waals surface area contributed by atoms with Crippen molar-refractivity contribution in [3.63, 3.8) is 0 Å². The molecule has 1 aromatic heterocycles. The molecule has 0 saturated carbocycles. The molecule has 0 bridgehead atoms. The van der Waals surface area contributed by atoms with Crippen LogP contribution in [0.2, 0.25) is 0 Å². The number of para-hydroxylation sites is 1. The number of rotatable bonds is 3. The van der Waals surface area contributed by atoms with Crippen molar-refractivity contribution in [1.29, 1.82) is 0 Å². The van der Waals surface area contributed by atoms with Crippen LogP contribution in [-0.4, -0.2) is 28.1 Å². The Labute approximate surface area is 105 Å². The lowest BCUT2D eigenvalue weighted by Crippen LogP contribution is -2.14. The van der Waals surface area contributed by atoms with E-state index in [0.29, 0.717) is 5.82 Å². The van der Waals surface area contributed by atoms with Gasteiger partial charge in [-0.2, -0.15) is 0 Å². The zero-order valence-electron chi connectivity index (χ0n) is 10.2. The molecular weight excluding hydrogens is 230 g/mol. The summed E-state index contributed by atoms with van der Waals surface area (Å²) in [6, 6.07) is 7.81. The number of hydrogen-bond donors (Lipinski definition) is 1. The number of carboxylic acids is 1. The Bertz CT molecular complexity index is 584. The molecule has 0 aliphatic rings. The van der Waals surface area contributed by atoms with Gasteiger partial charge in [0.05, 0.1) is 12.4 Å². The molecule has 2 aromatic rings. The average molecular weight is 243 g/mol. The van der Waals surface area contributed by atoms with E-state index in [4.69, 9.17) is 5.11 Å². The fraction of sp³-hybridized carbons (Fsp3) is 0.154. The second-order valence-electron chi connectivity index (χ2n) is 3.91. The van der Waals surface area contributed by atoms with Crippen LogP contribution in [0.1, 0.15) is 16.1 Å². The number of aromatic carboxylic acids is 1. The van der Waals surface area contributed by atoms with Gasteiger partial charge in [-0.1, -0.05) is 18.2 Å². The smallest absolute Gasteiger partial charge is 0.356 e. The summed E-state index contributed by atoms with van der Waals surface area (Å²) in [5.74, 6) is -0.577. The first-order chi connectivity index (χ1) is 8.59. The van der Waals surface area contributed by atoms with Crippen molar-refractivity contribution >= 4 is 17.5 Å². The quantitative estimate of drug-likeness (QED) is 0.895. The van der Waals surface area contributed by atoms with Crippen molar-refractivity contribution in [2.45, 2.75) is 6.92 Å². The number of carboxylic acid groups (broad SMARTS) is 1. The lowest BCUT2D eigenvalue weighted by atomic mass is 10.2. The second-order valence-corrected chi connectivity index (χ2v) is 3.91. The van der Waals surface area contributed by atoms with Crippen LogP contribution in [0, 0.1) is 6.92 Å². The normalized spacial score (nSPS) is 10.1. The molecule has 5 heteroatoms.